The van der Waals surface area contributed by atoms with Crippen LogP contribution in [0.3, 0.4) is 0 Å². The lowest BCUT2D eigenvalue weighted by molar-refractivity contribution is 0.0943. The molecule has 7 heteroatoms. The predicted molar refractivity (Wildman–Crippen MR) is 116 cm³/mol. The van der Waals surface area contributed by atoms with Crippen molar-refractivity contribution in [3.8, 4) is 5.69 Å². The number of nitrogen functional groups attached to an aromatic ring is 1. The summed E-state index contributed by atoms with van der Waals surface area (Å²) < 4.78 is 1.51. The Balaban J connectivity index is 1.54. The molecule has 0 spiro atoms. The van der Waals surface area contributed by atoms with Crippen molar-refractivity contribution in [2.24, 2.45) is 0 Å². The van der Waals surface area contributed by atoms with E-state index in [1.165, 1.54) is 10.9 Å². The zero-order valence-corrected chi connectivity index (χ0v) is 17.1. The summed E-state index contributed by atoms with van der Waals surface area (Å²) in [6, 6.07) is 13.6. The van der Waals surface area contributed by atoms with Crippen molar-refractivity contribution in [3.63, 3.8) is 0 Å². The van der Waals surface area contributed by atoms with Gasteiger partial charge in [-0.1, -0.05) is 30.3 Å². The summed E-state index contributed by atoms with van der Waals surface area (Å²) >= 11 is 0. The molecule has 2 amide bonds. The molecule has 1 aliphatic carbocycles. The molecule has 0 unspecified atom stereocenters. The van der Waals surface area contributed by atoms with Crippen molar-refractivity contribution < 1.29 is 9.59 Å². The van der Waals surface area contributed by atoms with Crippen molar-refractivity contribution in [2.45, 2.75) is 39.3 Å². The third-order valence-corrected chi connectivity index (χ3v) is 5.36. The first-order valence-corrected chi connectivity index (χ1v) is 10.0. The predicted octanol–water partition coefficient (Wildman–Crippen LogP) is 2.89. The van der Waals surface area contributed by atoms with E-state index in [0.717, 1.165) is 29.5 Å². The number of nitrogens with one attached hydrogen (secondary N) is 2. The second-order valence-corrected chi connectivity index (χ2v) is 7.71. The molecule has 154 valence electrons. The summed E-state index contributed by atoms with van der Waals surface area (Å²) in [6.45, 7) is 4.33. The first kappa shape index (κ1) is 19.7. The van der Waals surface area contributed by atoms with E-state index in [1.807, 2.05) is 44.2 Å². The van der Waals surface area contributed by atoms with Crippen LogP contribution in [0.5, 0.6) is 0 Å². The van der Waals surface area contributed by atoms with Crippen LogP contribution in [0.4, 0.5) is 5.82 Å². The zero-order valence-electron chi connectivity index (χ0n) is 17.1. The monoisotopic (exact) mass is 403 g/mol. The normalized spacial score (nSPS) is 13.1. The molecular formula is C23H25N5O2. The lowest BCUT2D eigenvalue weighted by Gasteiger charge is -2.11. The molecule has 0 radical (unpaired) electrons. The van der Waals surface area contributed by atoms with E-state index in [1.54, 1.807) is 12.1 Å². The Bertz CT molecular complexity index is 1110. The molecule has 0 atom stereocenters. The fraction of sp³-hybridized carbons (Fsp3) is 0.261. The molecule has 2 aromatic carbocycles. The van der Waals surface area contributed by atoms with Crippen LogP contribution < -0.4 is 16.4 Å². The van der Waals surface area contributed by atoms with Crippen molar-refractivity contribution in [1.29, 1.82) is 0 Å². The van der Waals surface area contributed by atoms with Gasteiger partial charge in [0, 0.05) is 18.2 Å². The molecule has 1 heterocycles. The highest BCUT2D eigenvalue weighted by atomic mass is 16.2. The summed E-state index contributed by atoms with van der Waals surface area (Å²) in [6.07, 6.45) is 3.51. The van der Waals surface area contributed by atoms with E-state index >= 15 is 0 Å². The highest BCUT2D eigenvalue weighted by Crippen LogP contribution is 2.23. The van der Waals surface area contributed by atoms with Crippen molar-refractivity contribution in [3.05, 3.63) is 76.5 Å². The van der Waals surface area contributed by atoms with Gasteiger partial charge in [-0.3, -0.25) is 9.59 Å². The Morgan fingerprint density at radius 1 is 1.10 bits per heavy atom. The summed E-state index contributed by atoms with van der Waals surface area (Å²) in [5, 5.41) is 10.2. The molecular weight excluding hydrogens is 378 g/mol. The van der Waals surface area contributed by atoms with E-state index in [2.05, 4.69) is 15.7 Å². The zero-order chi connectivity index (χ0) is 21.3. The summed E-state index contributed by atoms with van der Waals surface area (Å²) in [5.74, 6) is -0.164. The van der Waals surface area contributed by atoms with Gasteiger partial charge in [-0.15, -0.1) is 0 Å². The standard InChI is InChI=1S/C23H25N5O2/c1-14-5-3-4-6-17(14)12-25-23(30)19-13-26-28(21(19)24)20-11-16(8-7-15(20)2)22(29)27-18-9-10-18/h3-8,11,13,18H,9-10,12,24H2,1-2H3,(H,25,30)(H,27,29). The molecule has 3 aromatic rings. The Morgan fingerprint density at radius 2 is 1.87 bits per heavy atom. The van der Waals surface area contributed by atoms with Gasteiger partial charge in [0.1, 0.15) is 11.4 Å². The molecule has 7 nitrogen and oxygen atoms in total. The van der Waals surface area contributed by atoms with Crippen molar-refractivity contribution >= 4 is 17.6 Å². The minimum atomic E-state index is -0.290. The maximum absolute atomic E-state index is 12.7. The molecule has 1 fully saturated rings. The van der Waals surface area contributed by atoms with E-state index in [-0.39, 0.29) is 23.7 Å². The highest BCUT2D eigenvalue weighted by molar-refractivity contribution is 5.99. The molecule has 0 saturated heterocycles. The van der Waals surface area contributed by atoms with Crippen molar-refractivity contribution in [1.82, 2.24) is 20.4 Å². The Hall–Kier alpha value is -3.61. The summed E-state index contributed by atoms with van der Waals surface area (Å²) in [4.78, 5) is 25.1. The number of benzene rings is 2. The lowest BCUT2D eigenvalue weighted by Crippen LogP contribution is -2.25. The molecule has 1 aliphatic rings. The van der Waals surface area contributed by atoms with Gasteiger partial charge in [0.2, 0.25) is 0 Å². The van der Waals surface area contributed by atoms with Crippen LogP contribution in [0.15, 0.2) is 48.7 Å². The SMILES string of the molecule is Cc1ccccc1CNC(=O)c1cnn(-c2cc(C(=O)NC3CC3)ccc2C)c1N. The average molecular weight is 403 g/mol. The van der Waals surface area contributed by atoms with E-state index in [0.29, 0.717) is 23.4 Å². The third kappa shape index (κ3) is 4.05. The number of carbonyl (C=O) groups is 2. The number of hydrogen-bond acceptors (Lipinski definition) is 4. The van der Waals surface area contributed by atoms with Crippen LogP contribution in [-0.2, 0) is 6.54 Å². The van der Waals surface area contributed by atoms with Crippen LogP contribution in [0.1, 0.15) is 50.2 Å². The van der Waals surface area contributed by atoms with Gasteiger partial charge in [0.15, 0.2) is 0 Å². The molecule has 4 N–H and O–H groups in total. The summed E-state index contributed by atoms with van der Waals surface area (Å²) in [7, 11) is 0. The molecule has 0 bridgehead atoms. The number of aryl methyl sites for hydroxylation is 2. The second kappa shape index (κ2) is 8.02. The van der Waals surface area contributed by atoms with Crippen LogP contribution in [0.25, 0.3) is 5.69 Å². The molecule has 1 saturated carbocycles. The quantitative estimate of drug-likeness (QED) is 0.589. The first-order chi connectivity index (χ1) is 14.4. The second-order valence-electron chi connectivity index (χ2n) is 7.71. The maximum Gasteiger partial charge on any atom is 0.256 e. The maximum atomic E-state index is 12.7. The smallest absolute Gasteiger partial charge is 0.256 e. The fourth-order valence-corrected chi connectivity index (χ4v) is 3.28. The van der Waals surface area contributed by atoms with Gasteiger partial charge >= 0.3 is 0 Å². The van der Waals surface area contributed by atoms with Crippen LogP contribution in [0.2, 0.25) is 0 Å². The van der Waals surface area contributed by atoms with Crippen LogP contribution in [0, 0.1) is 13.8 Å². The van der Waals surface area contributed by atoms with E-state index < -0.39 is 0 Å². The Morgan fingerprint density at radius 3 is 2.60 bits per heavy atom. The van der Waals surface area contributed by atoms with Crippen LogP contribution >= 0.6 is 0 Å². The van der Waals surface area contributed by atoms with Gasteiger partial charge in [0.05, 0.1) is 11.9 Å². The molecule has 0 aliphatic heterocycles. The number of amides is 2. The minimum absolute atomic E-state index is 0.110. The summed E-state index contributed by atoms with van der Waals surface area (Å²) in [5.41, 5.74) is 10.8. The van der Waals surface area contributed by atoms with E-state index in [4.69, 9.17) is 5.73 Å². The minimum Gasteiger partial charge on any atom is -0.383 e. The Labute approximate surface area is 175 Å². The fourth-order valence-electron chi connectivity index (χ4n) is 3.28. The number of nitrogens with zero attached hydrogens (tertiary/aromatic N) is 2. The molecule has 4 rings (SSSR count). The number of aromatic nitrogens is 2. The Kier molecular flexibility index (Phi) is 5.27. The van der Waals surface area contributed by atoms with Gasteiger partial charge in [-0.05, 0) is 55.5 Å². The number of anilines is 1. The third-order valence-electron chi connectivity index (χ3n) is 5.36. The molecule has 30 heavy (non-hydrogen) atoms. The lowest BCUT2D eigenvalue weighted by atomic mass is 10.1. The van der Waals surface area contributed by atoms with Crippen LogP contribution in [-0.4, -0.2) is 27.6 Å². The van der Waals surface area contributed by atoms with Gasteiger partial charge in [-0.25, -0.2) is 4.68 Å². The number of hydrogen-bond donors (Lipinski definition) is 3. The number of nitrogens with two attached hydrogens (primary N) is 1. The van der Waals surface area contributed by atoms with Gasteiger partial charge in [0.25, 0.3) is 11.8 Å². The van der Waals surface area contributed by atoms with Gasteiger partial charge < -0.3 is 16.4 Å². The molecule has 1 aromatic heterocycles. The largest absolute Gasteiger partial charge is 0.383 e. The number of rotatable bonds is 6. The highest BCUT2D eigenvalue weighted by Gasteiger charge is 2.24. The average Bonchev–Trinajstić information content (AvgIpc) is 3.47. The van der Waals surface area contributed by atoms with Crippen molar-refractivity contribution in [2.75, 3.05) is 5.73 Å². The van der Waals surface area contributed by atoms with Gasteiger partial charge in [-0.2, -0.15) is 5.10 Å². The number of carbonyl (C=O) groups excluding carboxylic acids is 2. The topological polar surface area (TPSA) is 102 Å². The first-order valence-electron chi connectivity index (χ1n) is 10.0. The van der Waals surface area contributed by atoms with E-state index in [9.17, 15) is 9.59 Å².